The van der Waals surface area contributed by atoms with Gasteiger partial charge in [0.1, 0.15) is 29.7 Å². The van der Waals surface area contributed by atoms with E-state index in [9.17, 15) is 0 Å². The summed E-state index contributed by atoms with van der Waals surface area (Å²) in [5, 5.41) is 4.06. The number of rotatable bonds is 8. The number of hydrogen-bond acceptors (Lipinski definition) is 5. The number of thioether (sulfide) groups is 1. The lowest BCUT2D eigenvalue weighted by atomic mass is 10.1. The van der Waals surface area contributed by atoms with Crippen LogP contribution in [0, 0.1) is 0 Å². The van der Waals surface area contributed by atoms with Crippen LogP contribution in [0.5, 0.6) is 17.2 Å². The summed E-state index contributed by atoms with van der Waals surface area (Å²) in [5.41, 5.74) is 5.63. The Labute approximate surface area is 221 Å². The van der Waals surface area contributed by atoms with Crippen molar-refractivity contribution in [1.82, 2.24) is 14.9 Å². The fraction of sp³-hybridized carbons (Fsp3) is 0.194. The van der Waals surface area contributed by atoms with Gasteiger partial charge in [-0.3, -0.25) is 0 Å². The normalized spacial score (nSPS) is 15.2. The van der Waals surface area contributed by atoms with Crippen LogP contribution in [0.2, 0.25) is 0 Å². The standard InChI is InChI=1S/C31H29N3O2S/c1-34-30-18-27(36-26-13-9-24(10-14-26)23-5-3-2-4-6-23)15-16-29(30)33-31(34)20-35-25-11-7-22(8-12-25)17-28-19-32-21-37-28/h2-16,18,28,32H,17,19-21H2,1H3. The van der Waals surface area contributed by atoms with Crippen LogP contribution in [-0.4, -0.2) is 27.2 Å². The lowest BCUT2D eigenvalue weighted by molar-refractivity contribution is 0.292. The van der Waals surface area contributed by atoms with Crippen LogP contribution in [0.3, 0.4) is 0 Å². The summed E-state index contributed by atoms with van der Waals surface area (Å²) < 4.78 is 14.3. The van der Waals surface area contributed by atoms with Crippen molar-refractivity contribution in [2.75, 3.05) is 12.4 Å². The highest BCUT2D eigenvalue weighted by atomic mass is 32.2. The predicted octanol–water partition coefficient (Wildman–Crippen LogP) is 6.82. The molecule has 1 aliphatic heterocycles. The summed E-state index contributed by atoms with van der Waals surface area (Å²) in [5.74, 6) is 4.37. The number of ether oxygens (including phenoxy) is 2. The van der Waals surface area contributed by atoms with Gasteiger partial charge >= 0.3 is 0 Å². The topological polar surface area (TPSA) is 48.3 Å². The van der Waals surface area contributed by atoms with Gasteiger partial charge in [0.2, 0.25) is 0 Å². The molecule has 5 aromatic rings. The van der Waals surface area contributed by atoms with E-state index in [-0.39, 0.29) is 0 Å². The first-order valence-corrected chi connectivity index (χ1v) is 13.6. The van der Waals surface area contributed by atoms with E-state index in [1.165, 1.54) is 16.7 Å². The first-order chi connectivity index (χ1) is 18.2. The third kappa shape index (κ3) is 5.50. The number of imidazole rings is 1. The van der Waals surface area contributed by atoms with Gasteiger partial charge in [-0.15, -0.1) is 11.8 Å². The molecule has 1 saturated heterocycles. The second-order valence-corrected chi connectivity index (χ2v) is 10.5. The third-order valence-corrected chi connectivity index (χ3v) is 7.87. The van der Waals surface area contributed by atoms with Crippen molar-refractivity contribution in [3.63, 3.8) is 0 Å². The van der Waals surface area contributed by atoms with E-state index in [1.54, 1.807) is 0 Å². The summed E-state index contributed by atoms with van der Waals surface area (Å²) in [7, 11) is 2.02. The summed E-state index contributed by atoms with van der Waals surface area (Å²) in [6, 6.07) is 32.9. The van der Waals surface area contributed by atoms with Crippen LogP contribution in [-0.2, 0) is 20.1 Å². The Morgan fingerprint density at radius 3 is 2.35 bits per heavy atom. The molecule has 0 saturated carbocycles. The van der Waals surface area contributed by atoms with Crippen LogP contribution in [0.25, 0.3) is 22.2 Å². The molecule has 0 bridgehead atoms. The van der Waals surface area contributed by atoms with Crippen molar-refractivity contribution in [2.24, 2.45) is 7.05 Å². The molecule has 37 heavy (non-hydrogen) atoms. The van der Waals surface area contributed by atoms with Crippen molar-refractivity contribution < 1.29 is 9.47 Å². The average molecular weight is 508 g/mol. The average Bonchev–Trinajstić information content (AvgIpc) is 3.57. The molecule has 0 amide bonds. The molecule has 186 valence electrons. The quantitative estimate of drug-likeness (QED) is 0.250. The molecule has 0 radical (unpaired) electrons. The fourth-order valence-electron chi connectivity index (χ4n) is 4.61. The lowest BCUT2D eigenvalue weighted by Gasteiger charge is -2.10. The summed E-state index contributed by atoms with van der Waals surface area (Å²) in [6.07, 6.45) is 1.09. The molecular formula is C31H29N3O2S. The van der Waals surface area contributed by atoms with Crippen LogP contribution < -0.4 is 14.8 Å². The van der Waals surface area contributed by atoms with Crippen molar-refractivity contribution >= 4 is 22.8 Å². The molecule has 2 heterocycles. The smallest absolute Gasteiger partial charge is 0.147 e. The second kappa shape index (κ2) is 10.7. The molecule has 6 heteroatoms. The van der Waals surface area contributed by atoms with Crippen LogP contribution >= 0.6 is 11.8 Å². The fourth-order valence-corrected chi connectivity index (χ4v) is 5.63. The van der Waals surface area contributed by atoms with Crippen LogP contribution in [0.4, 0.5) is 0 Å². The minimum absolute atomic E-state index is 0.407. The minimum Gasteiger partial charge on any atom is -0.486 e. The number of nitrogens with zero attached hydrogens (tertiary/aromatic N) is 2. The highest BCUT2D eigenvalue weighted by Gasteiger charge is 2.15. The van der Waals surface area contributed by atoms with Gasteiger partial charge in [-0.2, -0.15) is 0 Å². The number of aromatic nitrogens is 2. The van der Waals surface area contributed by atoms with E-state index in [0.717, 1.165) is 52.9 Å². The number of nitrogens with one attached hydrogen (secondary N) is 1. The van der Waals surface area contributed by atoms with E-state index in [0.29, 0.717) is 11.9 Å². The van der Waals surface area contributed by atoms with E-state index in [4.69, 9.17) is 14.5 Å². The maximum Gasteiger partial charge on any atom is 0.147 e. The zero-order valence-electron chi connectivity index (χ0n) is 20.8. The maximum atomic E-state index is 6.15. The SMILES string of the molecule is Cn1c(COc2ccc(CC3CNCS3)cc2)nc2ccc(Oc3ccc(-c4ccccc4)cc3)cc21. The molecule has 1 atom stereocenters. The molecule has 1 fully saturated rings. The predicted molar refractivity (Wildman–Crippen MR) is 151 cm³/mol. The van der Waals surface area contributed by atoms with Crippen LogP contribution in [0.1, 0.15) is 11.4 Å². The zero-order valence-corrected chi connectivity index (χ0v) is 21.6. The van der Waals surface area contributed by atoms with Gasteiger partial charge in [0.15, 0.2) is 0 Å². The van der Waals surface area contributed by atoms with Gasteiger partial charge in [0.25, 0.3) is 0 Å². The maximum absolute atomic E-state index is 6.15. The highest BCUT2D eigenvalue weighted by molar-refractivity contribution is 8.00. The van der Waals surface area contributed by atoms with Crippen molar-refractivity contribution in [1.29, 1.82) is 0 Å². The number of benzene rings is 4. The van der Waals surface area contributed by atoms with Gasteiger partial charge in [-0.05, 0) is 59.5 Å². The molecule has 1 aliphatic rings. The molecular weight excluding hydrogens is 478 g/mol. The molecule has 1 aromatic heterocycles. The molecule has 1 N–H and O–H groups in total. The molecule has 0 aliphatic carbocycles. The second-order valence-electron chi connectivity index (χ2n) is 9.25. The Morgan fingerprint density at radius 1 is 0.865 bits per heavy atom. The summed E-state index contributed by atoms with van der Waals surface area (Å²) in [4.78, 5) is 4.78. The summed E-state index contributed by atoms with van der Waals surface area (Å²) >= 11 is 1.99. The first kappa shape index (κ1) is 23.6. The molecule has 4 aromatic carbocycles. The molecule has 1 unspecified atom stereocenters. The molecule has 0 spiro atoms. The van der Waals surface area contributed by atoms with E-state index in [1.807, 2.05) is 67.3 Å². The van der Waals surface area contributed by atoms with Gasteiger partial charge in [-0.25, -0.2) is 4.98 Å². The minimum atomic E-state index is 0.407. The Morgan fingerprint density at radius 2 is 1.59 bits per heavy atom. The monoisotopic (exact) mass is 507 g/mol. The molecule has 6 rings (SSSR count). The number of hydrogen-bond donors (Lipinski definition) is 1. The Hall–Kier alpha value is -3.74. The van der Waals surface area contributed by atoms with Gasteiger partial charge < -0.3 is 19.4 Å². The lowest BCUT2D eigenvalue weighted by Crippen LogP contribution is -2.14. The Kier molecular flexibility index (Phi) is 6.84. The number of fused-ring (bicyclic) bond motifs is 1. The van der Waals surface area contributed by atoms with Crippen molar-refractivity contribution in [3.8, 4) is 28.4 Å². The summed E-state index contributed by atoms with van der Waals surface area (Å²) in [6.45, 7) is 1.49. The van der Waals surface area contributed by atoms with E-state index in [2.05, 4.69) is 58.4 Å². The first-order valence-electron chi connectivity index (χ1n) is 12.5. The highest BCUT2D eigenvalue weighted by Crippen LogP contribution is 2.29. The third-order valence-electron chi connectivity index (χ3n) is 6.69. The van der Waals surface area contributed by atoms with Gasteiger partial charge in [0, 0.05) is 30.8 Å². The van der Waals surface area contributed by atoms with Crippen molar-refractivity contribution in [2.45, 2.75) is 18.3 Å². The van der Waals surface area contributed by atoms with E-state index < -0.39 is 0 Å². The van der Waals surface area contributed by atoms with Crippen LogP contribution in [0.15, 0.2) is 97.1 Å². The Bertz CT molecular complexity index is 1480. The van der Waals surface area contributed by atoms with Gasteiger partial charge in [-0.1, -0.05) is 54.6 Å². The van der Waals surface area contributed by atoms with Crippen molar-refractivity contribution in [3.05, 3.63) is 108 Å². The largest absolute Gasteiger partial charge is 0.486 e. The molecule has 5 nitrogen and oxygen atoms in total. The Balaban J connectivity index is 1.11. The van der Waals surface area contributed by atoms with Gasteiger partial charge in [0.05, 0.1) is 11.0 Å². The zero-order chi connectivity index (χ0) is 25.0. The van der Waals surface area contributed by atoms with E-state index >= 15 is 0 Å². The number of aryl methyl sites for hydroxylation is 1.